The van der Waals surface area contributed by atoms with Crippen LogP contribution in [-0.2, 0) is 30.3 Å². The third-order valence-electron chi connectivity index (χ3n) is 6.19. The van der Waals surface area contributed by atoms with Crippen LogP contribution in [-0.4, -0.2) is 47.4 Å². The lowest BCUT2D eigenvalue weighted by molar-refractivity contribution is -0.145. The fraction of sp³-hybridized carbons (Fsp3) is 0.667. The van der Waals surface area contributed by atoms with E-state index in [1.807, 2.05) is 34.6 Å². The smallest absolute Gasteiger partial charge is 0.480 e. The first-order valence-corrected chi connectivity index (χ1v) is 13.9. The molecule has 4 atom stereocenters. The molecule has 0 aliphatic rings. The van der Waals surface area contributed by atoms with E-state index in [2.05, 4.69) is 0 Å². The van der Waals surface area contributed by atoms with Crippen molar-refractivity contribution in [3.8, 4) is 11.5 Å². The van der Waals surface area contributed by atoms with E-state index in [4.69, 9.17) is 24.7 Å². The van der Waals surface area contributed by atoms with Crippen LogP contribution in [0.3, 0.4) is 0 Å². The maximum Gasteiger partial charge on any atom is 0.508 e. The Hall–Kier alpha value is -3.14. The molecule has 0 aliphatic heterocycles. The highest BCUT2D eigenvalue weighted by Crippen LogP contribution is 2.32. The second-order valence-electron chi connectivity index (χ2n) is 11.9. The number of esters is 2. The zero-order valence-electron chi connectivity index (χ0n) is 25.2. The van der Waals surface area contributed by atoms with Crippen molar-refractivity contribution in [2.45, 2.75) is 106 Å². The van der Waals surface area contributed by atoms with E-state index in [0.29, 0.717) is 18.4 Å². The Morgan fingerprint density at radius 3 is 1.90 bits per heavy atom. The average Bonchev–Trinajstić information content (AvgIpc) is 2.83. The number of carbonyl (C=O) groups excluding carboxylic acids is 3. The fourth-order valence-electron chi connectivity index (χ4n) is 3.97. The molecule has 0 bridgehead atoms. The van der Waals surface area contributed by atoms with Crippen molar-refractivity contribution in [1.82, 2.24) is 0 Å². The van der Waals surface area contributed by atoms with Gasteiger partial charge in [0.05, 0.1) is 18.4 Å². The minimum absolute atomic E-state index is 0.00490. The summed E-state index contributed by atoms with van der Waals surface area (Å²) in [7, 11) is 0. The molecule has 0 radical (unpaired) electrons. The zero-order valence-corrected chi connectivity index (χ0v) is 25.2. The summed E-state index contributed by atoms with van der Waals surface area (Å²) in [6.07, 6.45) is 0.680. The lowest BCUT2D eigenvalue weighted by Gasteiger charge is -2.28. The van der Waals surface area contributed by atoms with Crippen LogP contribution >= 0.6 is 0 Å². The SMILES string of the molecule is CCCC(C)C(=O)Oc1ccc(CC(N)(C[C@H](C)OC(=O)OCC(C)(C)C)C(=O)O)cc1OC(=O)C(C)CCC. The van der Waals surface area contributed by atoms with E-state index in [-0.39, 0.29) is 48.2 Å². The van der Waals surface area contributed by atoms with E-state index in [1.165, 1.54) is 19.1 Å². The number of benzene rings is 1. The van der Waals surface area contributed by atoms with Gasteiger partial charge in [-0.05, 0) is 42.9 Å². The molecule has 0 heterocycles. The summed E-state index contributed by atoms with van der Waals surface area (Å²) >= 11 is 0. The van der Waals surface area contributed by atoms with Crippen molar-refractivity contribution < 1.29 is 43.2 Å². The molecule has 10 heteroatoms. The molecule has 0 aliphatic carbocycles. The number of carboxylic acid groups (broad SMARTS) is 1. The third-order valence-corrected chi connectivity index (χ3v) is 6.19. The standard InChI is InChI=1S/C30H47NO9/c1-9-11-19(3)25(32)39-23-14-13-22(15-24(23)40-26(33)20(4)12-10-2)17-30(31,27(34)35)16-21(5)38-28(36)37-18-29(6,7)8/h13-15,19-21H,9-12,16-18,31H2,1-8H3,(H,34,35)/t19?,20?,21-,30?/m0/s1. The highest BCUT2D eigenvalue weighted by Gasteiger charge is 2.37. The number of carbonyl (C=O) groups is 4. The first-order valence-electron chi connectivity index (χ1n) is 13.9. The number of hydrogen-bond acceptors (Lipinski definition) is 9. The quantitative estimate of drug-likeness (QED) is 0.201. The molecular formula is C30H47NO9. The molecule has 10 nitrogen and oxygen atoms in total. The molecule has 0 saturated heterocycles. The van der Waals surface area contributed by atoms with E-state index in [1.54, 1.807) is 19.9 Å². The van der Waals surface area contributed by atoms with Crippen LogP contribution in [0.5, 0.6) is 11.5 Å². The molecule has 1 aromatic rings. The van der Waals surface area contributed by atoms with Crippen LogP contribution in [0.4, 0.5) is 4.79 Å². The fourth-order valence-corrected chi connectivity index (χ4v) is 3.97. The predicted molar refractivity (Wildman–Crippen MR) is 150 cm³/mol. The van der Waals surface area contributed by atoms with E-state index in [0.717, 1.165) is 12.8 Å². The number of carboxylic acids is 1. The molecule has 226 valence electrons. The van der Waals surface area contributed by atoms with Gasteiger partial charge >= 0.3 is 24.1 Å². The van der Waals surface area contributed by atoms with E-state index in [9.17, 15) is 24.3 Å². The molecule has 0 fully saturated rings. The van der Waals surface area contributed by atoms with Crippen LogP contribution in [0.15, 0.2) is 18.2 Å². The minimum Gasteiger partial charge on any atom is -0.480 e. The number of aliphatic carboxylic acids is 1. The lowest BCUT2D eigenvalue weighted by atomic mass is 9.86. The monoisotopic (exact) mass is 565 g/mol. The van der Waals surface area contributed by atoms with Gasteiger partial charge in [-0.25, -0.2) is 4.79 Å². The highest BCUT2D eigenvalue weighted by atomic mass is 16.7. The summed E-state index contributed by atoms with van der Waals surface area (Å²) in [5, 5.41) is 9.97. The van der Waals surface area contributed by atoms with Crippen molar-refractivity contribution >= 4 is 24.1 Å². The van der Waals surface area contributed by atoms with Gasteiger partial charge in [0.1, 0.15) is 11.6 Å². The lowest BCUT2D eigenvalue weighted by Crippen LogP contribution is -2.52. The molecule has 1 aromatic carbocycles. The van der Waals surface area contributed by atoms with Crippen LogP contribution in [0.2, 0.25) is 0 Å². The van der Waals surface area contributed by atoms with Crippen molar-refractivity contribution in [3.63, 3.8) is 0 Å². The van der Waals surface area contributed by atoms with E-state index >= 15 is 0 Å². The second-order valence-corrected chi connectivity index (χ2v) is 11.9. The Kier molecular flexibility index (Phi) is 13.6. The summed E-state index contributed by atoms with van der Waals surface area (Å²) in [5.74, 6) is -2.94. The second kappa shape index (κ2) is 15.6. The topological polar surface area (TPSA) is 151 Å². The summed E-state index contributed by atoms with van der Waals surface area (Å²) in [5.41, 5.74) is 4.65. The van der Waals surface area contributed by atoms with Gasteiger partial charge in [0.15, 0.2) is 11.5 Å². The maximum absolute atomic E-state index is 12.7. The van der Waals surface area contributed by atoms with Gasteiger partial charge in [0.2, 0.25) is 0 Å². The molecule has 3 N–H and O–H groups in total. The van der Waals surface area contributed by atoms with Crippen LogP contribution in [0.1, 0.15) is 93.1 Å². The van der Waals surface area contributed by atoms with Crippen LogP contribution < -0.4 is 15.2 Å². The molecule has 1 rings (SSSR count). The normalized spacial score (nSPS) is 15.2. The van der Waals surface area contributed by atoms with Crippen LogP contribution in [0, 0.1) is 17.3 Å². The molecule has 0 aromatic heterocycles. The van der Waals surface area contributed by atoms with Crippen molar-refractivity contribution in [2.24, 2.45) is 23.0 Å². The Balaban J connectivity index is 3.19. The molecule has 0 spiro atoms. The number of hydrogen-bond donors (Lipinski definition) is 2. The number of rotatable bonds is 15. The minimum atomic E-state index is -1.83. The van der Waals surface area contributed by atoms with Crippen molar-refractivity contribution in [3.05, 3.63) is 23.8 Å². The number of nitrogens with two attached hydrogens (primary N) is 1. The van der Waals surface area contributed by atoms with Gasteiger partial charge in [-0.3, -0.25) is 14.4 Å². The maximum atomic E-state index is 12.7. The Labute approximate surface area is 237 Å². The summed E-state index contributed by atoms with van der Waals surface area (Å²) in [6, 6.07) is 4.48. The summed E-state index contributed by atoms with van der Waals surface area (Å²) in [6.45, 7) is 14.8. The van der Waals surface area contributed by atoms with Gasteiger partial charge in [-0.15, -0.1) is 0 Å². The molecule has 3 unspecified atom stereocenters. The Bertz CT molecular complexity index is 1020. The van der Waals surface area contributed by atoms with Crippen molar-refractivity contribution in [2.75, 3.05) is 6.61 Å². The first kappa shape index (κ1) is 34.9. The van der Waals surface area contributed by atoms with Gasteiger partial charge < -0.3 is 29.8 Å². The largest absolute Gasteiger partial charge is 0.508 e. The van der Waals surface area contributed by atoms with Gasteiger partial charge in [0, 0.05) is 12.8 Å². The highest BCUT2D eigenvalue weighted by molar-refractivity contribution is 5.80. The molecular weight excluding hydrogens is 518 g/mol. The summed E-state index contributed by atoms with van der Waals surface area (Å²) < 4.78 is 21.5. The Morgan fingerprint density at radius 1 is 0.900 bits per heavy atom. The zero-order chi connectivity index (χ0) is 30.7. The molecule has 0 saturated carbocycles. The molecule has 0 amide bonds. The van der Waals surface area contributed by atoms with Gasteiger partial charge in [-0.2, -0.15) is 0 Å². The average molecular weight is 566 g/mol. The third kappa shape index (κ3) is 11.9. The summed E-state index contributed by atoms with van der Waals surface area (Å²) in [4.78, 5) is 49.6. The number of ether oxygens (including phenoxy) is 4. The van der Waals surface area contributed by atoms with Crippen LogP contribution in [0.25, 0.3) is 0 Å². The van der Waals surface area contributed by atoms with E-state index < -0.39 is 35.7 Å². The van der Waals surface area contributed by atoms with Gasteiger partial charge in [-0.1, -0.05) is 67.4 Å². The predicted octanol–water partition coefficient (Wildman–Crippen LogP) is 5.67. The first-order chi connectivity index (χ1) is 18.5. The Morgan fingerprint density at radius 2 is 1.43 bits per heavy atom. The molecule has 40 heavy (non-hydrogen) atoms. The van der Waals surface area contributed by atoms with Crippen molar-refractivity contribution in [1.29, 1.82) is 0 Å². The van der Waals surface area contributed by atoms with Gasteiger partial charge in [0.25, 0.3) is 0 Å².